The summed E-state index contributed by atoms with van der Waals surface area (Å²) in [7, 11) is -4.23. The summed E-state index contributed by atoms with van der Waals surface area (Å²) in [6.07, 6.45) is 1.35. The van der Waals surface area contributed by atoms with Crippen molar-refractivity contribution in [1.29, 1.82) is 0 Å². The molecule has 46 heavy (non-hydrogen) atoms. The molecule has 0 aliphatic heterocycles. The van der Waals surface area contributed by atoms with Crippen LogP contribution in [0.5, 0.6) is 0 Å². The normalized spacial score (nSPS) is 12.6. The minimum atomic E-state index is -4.23. The van der Waals surface area contributed by atoms with E-state index in [4.69, 9.17) is 0 Å². The number of para-hydroxylation sites is 1. The van der Waals surface area contributed by atoms with E-state index >= 15 is 4.39 Å². The molecule has 0 spiro atoms. The molecular weight excluding hydrogens is 601 g/mol. The number of nitrogens with zero attached hydrogens (tertiary/aromatic N) is 2. The maximum atomic E-state index is 15.1. The summed E-state index contributed by atoms with van der Waals surface area (Å²) in [5.74, 6) is -1.56. The third-order valence-electron chi connectivity index (χ3n) is 8.10. The van der Waals surface area contributed by atoms with Crippen molar-refractivity contribution in [3.63, 3.8) is 0 Å². The number of nitrogens with one attached hydrogen (secondary N) is 1. The average molecular weight is 644 g/mol. The molecule has 0 saturated carbocycles. The second kappa shape index (κ2) is 15.7. The molecule has 7 nitrogen and oxygen atoms in total. The van der Waals surface area contributed by atoms with Gasteiger partial charge in [-0.15, -0.1) is 0 Å². The largest absolute Gasteiger partial charge is 0.352 e. The van der Waals surface area contributed by atoms with Gasteiger partial charge in [0.1, 0.15) is 18.4 Å². The first kappa shape index (κ1) is 34.4. The van der Waals surface area contributed by atoms with Crippen LogP contribution in [-0.4, -0.2) is 43.8 Å². The molecule has 0 aliphatic rings. The zero-order chi connectivity index (χ0) is 33.3. The quantitative estimate of drug-likeness (QED) is 0.171. The number of rotatable bonds is 14. The van der Waals surface area contributed by atoms with Crippen LogP contribution in [0, 0.1) is 12.7 Å². The molecule has 0 bridgehead atoms. The first-order valence-electron chi connectivity index (χ1n) is 15.6. The summed E-state index contributed by atoms with van der Waals surface area (Å²) in [5.41, 5.74) is 3.02. The highest BCUT2D eigenvalue weighted by atomic mass is 32.2. The SMILES string of the molecule is CCc1ccccc1N(CC(=O)N(Cc1ccccc1F)[C@@H](Cc1ccccc1)C(=O)N[C@H](C)CC)S(=O)(=O)c1ccc(C)cc1. The Labute approximate surface area is 272 Å². The van der Waals surface area contributed by atoms with Crippen molar-refractivity contribution in [3.05, 3.63) is 131 Å². The molecule has 0 radical (unpaired) electrons. The van der Waals surface area contributed by atoms with E-state index in [0.29, 0.717) is 18.5 Å². The molecule has 4 rings (SSSR count). The molecule has 0 aromatic heterocycles. The second-order valence-corrected chi connectivity index (χ2v) is 13.3. The smallest absolute Gasteiger partial charge is 0.264 e. The Bertz CT molecular complexity index is 1730. The van der Waals surface area contributed by atoms with Crippen molar-refractivity contribution in [2.45, 2.75) is 70.5 Å². The predicted octanol–water partition coefficient (Wildman–Crippen LogP) is 6.45. The number of sulfonamides is 1. The maximum Gasteiger partial charge on any atom is 0.264 e. The van der Waals surface area contributed by atoms with Crippen LogP contribution in [0.1, 0.15) is 49.4 Å². The number of anilines is 1. The number of halogens is 1. The molecule has 2 atom stereocenters. The number of benzene rings is 4. The van der Waals surface area contributed by atoms with E-state index in [1.807, 2.05) is 70.2 Å². The third kappa shape index (κ3) is 8.40. The van der Waals surface area contributed by atoms with Crippen molar-refractivity contribution >= 4 is 27.5 Å². The highest BCUT2D eigenvalue weighted by molar-refractivity contribution is 7.92. The number of hydrogen-bond acceptors (Lipinski definition) is 4. The fourth-order valence-corrected chi connectivity index (χ4v) is 6.66. The molecule has 0 aliphatic carbocycles. The molecule has 0 unspecified atom stereocenters. The standard InChI is InChI=1S/C37H42FN3O4S/c1-5-28(4)39-37(43)35(24-29-14-8-7-9-15-29)40(25-31-17-10-12-18-33(31)38)36(42)26-41(34-19-13-11-16-30(34)6-2)46(44,45)32-22-20-27(3)21-23-32/h7-23,28,35H,5-6,24-26H2,1-4H3,(H,39,43)/t28-,35+/m1/s1. The number of aryl methyl sites for hydroxylation is 2. The molecule has 0 fully saturated rings. The Kier molecular flexibility index (Phi) is 11.7. The first-order valence-corrected chi connectivity index (χ1v) is 17.0. The van der Waals surface area contributed by atoms with Crippen LogP contribution < -0.4 is 9.62 Å². The van der Waals surface area contributed by atoms with Crippen LogP contribution in [0.15, 0.2) is 108 Å². The summed E-state index contributed by atoms with van der Waals surface area (Å²) in [6.45, 7) is 6.77. The van der Waals surface area contributed by atoms with Crippen LogP contribution in [0.25, 0.3) is 0 Å². The van der Waals surface area contributed by atoms with Gasteiger partial charge in [-0.1, -0.05) is 98.3 Å². The Balaban J connectivity index is 1.84. The molecule has 0 saturated heterocycles. The van der Waals surface area contributed by atoms with Crippen LogP contribution in [0.2, 0.25) is 0 Å². The predicted molar refractivity (Wildman–Crippen MR) is 180 cm³/mol. The van der Waals surface area contributed by atoms with Crippen molar-refractivity contribution in [2.24, 2.45) is 0 Å². The average Bonchev–Trinajstić information content (AvgIpc) is 3.06. The third-order valence-corrected chi connectivity index (χ3v) is 9.87. The Morgan fingerprint density at radius 1 is 0.826 bits per heavy atom. The molecule has 4 aromatic rings. The van der Waals surface area contributed by atoms with Crippen LogP contribution in [-0.2, 0) is 39.0 Å². The van der Waals surface area contributed by atoms with Gasteiger partial charge in [0.15, 0.2) is 0 Å². The monoisotopic (exact) mass is 643 g/mol. The Morgan fingerprint density at radius 3 is 2.07 bits per heavy atom. The minimum Gasteiger partial charge on any atom is -0.352 e. The van der Waals surface area contributed by atoms with Gasteiger partial charge < -0.3 is 10.2 Å². The topological polar surface area (TPSA) is 86.8 Å². The van der Waals surface area contributed by atoms with E-state index in [0.717, 1.165) is 21.0 Å². The van der Waals surface area contributed by atoms with E-state index in [2.05, 4.69) is 5.32 Å². The van der Waals surface area contributed by atoms with Gasteiger partial charge in [0, 0.05) is 24.6 Å². The van der Waals surface area contributed by atoms with Gasteiger partial charge in [0.25, 0.3) is 10.0 Å². The lowest BCUT2D eigenvalue weighted by Crippen LogP contribution is -2.54. The molecule has 2 amide bonds. The van der Waals surface area contributed by atoms with E-state index in [1.165, 1.54) is 23.1 Å². The van der Waals surface area contributed by atoms with E-state index in [1.54, 1.807) is 42.5 Å². The van der Waals surface area contributed by atoms with Gasteiger partial charge >= 0.3 is 0 Å². The van der Waals surface area contributed by atoms with Gasteiger partial charge in [-0.05, 0) is 62.1 Å². The van der Waals surface area contributed by atoms with Crippen molar-refractivity contribution in [3.8, 4) is 0 Å². The minimum absolute atomic E-state index is 0.0350. The highest BCUT2D eigenvalue weighted by Gasteiger charge is 2.35. The summed E-state index contributed by atoms with van der Waals surface area (Å²) in [5, 5.41) is 2.99. The van der Waals surface area contributed by atoms with Gasteiger partial charge in [0.2, 0.25) is 11.8 Å². The number of carbonyl (C=O) groups is 2. The summed E-state index contributed by atoms with van der Waals surface area (Å²) in [6, 6.07) is 27.6. The van der Waals surface area contributed by atoms with Gasteiger partial charge in [0.05, 0.1) is 10.6 Å². The second-order valence-electron chi connectivity index (χ2n) is 11.4. The lowest BCUT2D eigenvalue weighted by atomic mass is 10.0. The highest BCUT2D eigenvalue weighted by Crippen LogP contribution is 2.29. The zero-order valence-corrected chi connectivity index (χ0v) is 27.6. The Morgan fingerprint density at radius 2 is 1.43 bits per heavy atom. The zero-order valence-electron chi connectivity index (χ0n) is 26.8. The molecule has 4 aromatic carbocycles. The van der Waals surface area contributed by atoms with Gasteiger partial charge in [-0.2, -0.15) is 0 Å². The maximum absolute atomic E-state index is 15.1. The van der Waals surface area contributed by atoms with E-state index < -0.39 is 40.2 Å². The lowest BCUT2D eigenvalue weighted by molar-refractivity contribution is -0.140. The van der Waals surface area contributed by atoms with Crippen molar-refractivity contribution in [1.82, 2.24) is 10.2 Å². The van der Waals surface area contributed by atoms with Crippen LogP contribution in [0.4, 0.5) is 10.1 Å². The van der Waals surface area contributed by atoms with Crippen LogP contribution >= 0.6 is 0 Å². The molecule has 242 valence electrons. The van der Waals surface area contributed by atoms with Crippen molar-refractivity contribution in [2.75, 3.05) is 10.8 Å². The molecule has 1 N–H and O–H groups in total. The number of hydrogen-bond donors (Lipinski definition) is 1. The fraction of sp³-hybridized carbons (Fsp3) is 0.297. The summed E-state index contributed by atoms with van der Waals surface area (Å²) in [4.78, 5) is 29.8. The molecular formula is C37H42FN3O4S. The lowest BCUT2D eigenvalue weighted by Gasteiger charge is -2.34. The molecule has 9 heteroatoms. The summed E-state index contributed by atoms with van der Waals surface area (Å²) >= 11 is 0. The van der Waals surface area contributed by atoms with Crippen LogP contribution in [0.3, 0.4) is 0 Å². The summed E-state index contributed by atoms with van der Waals surface area (Å²) < 4.78 is 44.8. The van der Waals surface area contributed by atoms with E-state index in [-0.39, 0.29) is 29.5 Å². The first-order chi connectivity index (χ1) is 22.0. The Hall–Kier alpha value is -4.50. The van der Waals surface area contributed by atoms with Gasteiger partial charge in [-0.25, -0.2) is 12.8 Å². The van der Waals surface area contributed by atoms with Crippen molar-refractivity contribution < 1.29 is 22.4 Å². The number of carbonyl (C=O) groups excluding carboxylic acids is 2. The van der Waals surface area contributed by atoms with E-state index in [9.17, 15) is 18.0 Å². The van der Waals surface area contributed by atoms with Gasteiger partial charge in [-0.3, -0.25) is 13.9 Å². The molecule has 0 heterocycles. The number of amides is 2. The fourth-order valence-electron chi connectivity index (χ4n) is 5.21.